The van der Waals surface area contributed by atoms with Gasteiger partial charge in [0.2, 0.25) is 0 Å². The number of para-hydroxylation sites is 2. The quantitative estimate of drug-likeness (QED) is 0.159. The SMILES string of the molecule is CC(C)(C)c1ccc(N2c3ccc(C(C)(C)C)cc3B3c4ccccc4N(c4ccc(C(C)(C)C)cc4-c4ccccc4)c4cc(N5c6ccccc6C6(c7ccccc7)Cc7ccccc7CC56C)cc2c43)cc1. The van der Waals surface area contributed by atoms with Gasteiger partial charge in [-0.25, -0.2) is 0 Å². The maximum atomic E-state index is 2.79. The Hall–Kier alpha value is -7.56. The lowest BCUT2D eigenvalue weighted by Gasteiger charge is -2.53. The highest BCUT2D eigenvalue weighted by Gasteiger charge is 2.62. The summed E-state index contributed by atoms with van der Waals surface area (Å²) in [5.41, 5.74) is 24.8. The molecular weight excluding hydrogens is 906 g/mol. The van der Waals surface area contributed by atoms with Crippen molar-refractivity contribution in [1.82, 2.24) is 0 Å². The molecule has 0 N–H and O–H groups in total. The van der Waals surface area contributed by atoms with E-state index in [1.807, 2.05) is 0 Å². The molecule has 75 heavy (non-hydrogen) atoms. The van der Waals surface area contributed by atoms with Crippen LogP contribution >= 0.6 is 0 Å². The summed E-state index contributed by atoms with van der Waals surface area (Å²) in [5.74, 6) is 0. The molecule has 3 heterocycles. The number of anilines is 8. The first-order chi connectivity index (χ1) is 36.0. The average molecular weight is 974 g/mol. The van der Waals surface area contributed by atoms with Crippen molar-refractivity contribution in [3.8, 4) is 11.1 Å². The van der Waals surface area contributed by atoms with Crippen molar-refractivity contribution in [3.63, 3.8) is 0 Å². The van der Waals surface area contributed by atoms with Crippen LogP contribution in [0.3, 0.4) is 0 Å². The third-order valence-electron chi connectivity index (χ3n) is 17.7. The van der Waals surface area contributed by atoms with Crippen LogP contribution in [0.25, 0.3) is 11.1 Å². The third-order valence-corrected chi connectivity index (χ3v) is 17.7. The Morgan fingerprint density at radius 3 is 1.59 bits per heavy atom. The molecule has 9 aromatic carbocycles. The minimum Gasteiger partial charge on any atom is -0.334 e. The highest BCUT2D eigenvalue weighted by Crippen LogP contribution is 2.63. The Labute approximate surface area is 446 Å². The van der Waals surface area contributed by atoms with Gasteiger partial charge < -0.3 is 14.7 Å². The molecule has 0 saturated carbocycles. The first-order valence-corrected chi connectivity index (χ1v) is 27.3. The normalized spacial score (nSPS) is 18.4. The summed E-state index contributed by atoms with van der Waals surface area (Å²) in [6, 6.07) is 79.7. The first-order valence-electron chi connectivity index (χ1n) is 27.3. The van der Waals surface area contributed by atoms with E-state index in [2.05, 4.69) is 290 Å². The summed E-state index contributed by atoms with van der Waals surface area (Å²) in [6.07, 6.45) is 1.80. The summed E-state index contributed by atoms with van der Waals surface area (Å²) < 4.78 is 0. The standard InChI is InChI=1S/C71H68BN3/c1-67(2,3)50-33-37-54(38-34-50)73-63-40-36-53(69(7,8)9)42-59(63)72-58-30-20-22-32-62(58)74(60-39-35-52(68(4,5)6)41-56(60)47-23-13-11-14-24-47)65-44-55(43-64(73)66(65)72)75-61-31-21-19-29-57(61)71(51-27-15-12-16-28-51)46-49-26-18-17-25-48(49)45-70(71,75)10/h11-44H,45-46H2,1-10H3. The Kier molecular flexibility index (Phi) is 10.5. The zero-order valence-electron chi connectivity index (χ0n) is 45.5. The third kappa shape index (κ3) is 7.15. The number of benzene rings is 9. The van der Waals surface area contributed by atoms with Crippen molar-refractivity contribution in [2.45, 2.75) is 109 Å². The van der Waals surface area contributed by atoms with E-state index < -0.39 is 5.54 Å². The first kappa shape index (κ1) is 47.2. The van der Waals surface area contributed by atoms with Crippen LogP contribution in [-0.4, -0.2) is 12.3 Å². The molecule has 3 nitrogen and oxygen atoms in total. The van der Waals surface area contributed by atoms with E-state index in [0.29, 0.717) is 0 Å². The van der Waals surface area contributed by atoms with E-state index in [4.69, 9.17) is 0 Å². The minimum absolute atomic E-state index is 0.00971. The molecule has 2 atom stereocenters. The van der Waals surface area contributed by atoms with Crippen molar-refractivity contribution in [1.29, 1.82) is 0 Å². The smallest absolute Gasteiger partial charge is 0.252 e. The van der Waals surface area contributed by atoms with Crippen molar-refractivity contribution < 1.29 is 0 Å². The fraction of sp³-hybridized carbons (Fsp3) is 0.239. The fourth-order valence-corrected chi connectivity index (χ4v) is 13.8. The van der Waals surface area contributed by atoms with Gasteiger partial charge in [0.1, 0.15) is 0 Å². The van der Waals surface area contributed by atoms with Gasteiger partial charge in [-0.3, -0.25) is 0 Å². The van der Waals surface area contributed by atoms with Crippen molar-refractivity contribution in [2.24, 2.45) is 0 Å². The molecule has 0 fully saturated rings. The van der Waals surface area contributed by atoms with Gasteiger partial charge >= 0.3 is 0 Å². The molecule has 4 heteroatoms. The van der Waals surface area contributed by atoms with E-state index in [9.17, 15) is 0 Å². The molecule has 370 valence electrons. The molecule has 0 spiro atoms. The highest BCUT2D eigenvalue weighted by molar-refractivity contribution is 7.00. The van der Waals surface area contributed by atoms with Crippen LogP contribution in [0.4, 0.5) is 45.5 Å². The second-order valence-electron chi connectivity index (χ2n) is 25.2. The topological polar surface area (TPSA) is 9.72 Å². The highest BCUT2D eigenvalue weighted by atomic mass is 15.3. The minimum atomic E-state index is -0.402. The maximum Gasteiger partial charge on any atom is 0.252 e. The van der Waals surface area contributed by atoms with Crippen LogP contribution in [0, 0.1) is 0 Å². The lowest BCUT2D eigenvalue weighted by Crippen LogP contribution is -2.62. The van der Waals surface area contributed by atoms with Crippen LogP contribution in [0.2, 0.25) is 0 Å². The summed E-state index contributed by atoms with van der Waals surface area (Å²) in [5, 5.41) is 0. The van der Waals surface area contributed by atoms with E-state index in [-0.39, 0.29) is 28.4 Å². The Morgan fingerprint density at radius 2 is 0.920 bits per heavy atom. The van der Waals surface area contributed by atoms with Gasteiger partial charge in [0.05, 0.1) is 11.2 Å². The van der Waals surface area contributed by atoms with E-state index in [1.165, 1.54) is 106 Å². The Morgan fingerprint density at radius 1 is 0.400 bits per heavy atom. The zero-order chi connectivity index (χ0) is 51.8. The predicted octanol–water partition coefficient (Wildman–Crippen LogP) is 16.3. The zero-order valence-corrected chi connectivity index (χ0v) is 45.5. The number of rotatable bonds is 5. The molecule has 13 rings (SSSR count). The largest absolute Gasteiger partial charge is 0.334 e. The number of fused-ring (bicyclic) bond motifs is 8. The summed E-state index contributed by atoms with van der Waals surface area (Å²) in [7, 11) is 0. The monoisotopic (exact) mass is 974 g/mol. The summed E-state index contributed by atoms with van der Waals surface area (Å²) in [4.78, 5) is 8.05. The van der Waals surface area contributed by atoms with E-state index in [0.717, 1.165) is 18.5 Å². The number of hydrogen-bond acceptors (Lipinski definition) is 3. The van der Waals surface area contributed by atoms with Gasteiger partial charge in [-0.05, 0) is 152 Å². The molecule has 0 amide bonds. The molecule has 2 unspecified atom stereocenters. The molecular formula is C71H68BN3. The van der Waals surface area contributed by atoms with Gasteiger partial charge in [0.25, 0.3) is 6.71 Å². The molecule has 0 bridgehead atoms. The second-order valence-corrected chi connectivity index (χ2v) is 25.2. The second kappa shape index (κ2) is 16.7. The summed E-state index contributed by atoms with van der Waals surface area (Å²) >= 11 is 0. The van der Waals surface area contributed by atoms with Gasteiger partial charge in [-0.1, -0.05) is 214 Å². The van der Waals surface area contributed by atoms with Gasteiger partial charge in [-0.2, -0.15) is 0 Å². The van der Waals surface area contributed by atoms with Crippen molar-refractivity contribution in [3.05, 3.63) is 245 Å². The predicted molar refractivity (Wildman–Crippen MR) is 320 cm³/mol. The maximum absolute atomic E-state index is 2.79. The average Bonchev–Trinajstić information content (AvgIpc) is 3.71. The Balaban J connectivity index is 1.17. The van der Waals surface area contributed by atoms with E-state index >= 15 is 0 Å². The van der Waals surface area contributed by atoms with Gasteiger partial charge in [0.15, 0.2) is 0 Å². The molecule has 1 aliphatic carbocycles. The lowest BCUT2D eigenvalue weighted by atomic mass is 9.33. The number of hydrogen-bond donors (Lipinski definition) is 0. The van der Waals surface area contributed by atoms with Crippen LogP contribution in [0.1, 0.15) is 108 Å². The van der Waals surface area contributed by atoms with Crippen molar-refractivity contribution in [2.75, 3.05) is 14.7 Å². The Bertz CT molecular complexity index is 3710. The van der Waals surface area contributed by atoms with Crippen molar-refractivity contribution >= 4 is 68.6 Å². The molecule has 9 aromatic rings. The fourth-order valence-electron chi connectivity index (χ4n) is 13.8. The molecule has 0 aromatic heterocycles. The molecule has 4 aliphatic rings. The van der Waals surface area contributed by atoms with E-state index in [1.54, 1.807) is 0 Å². The molecule has 0 saturated heterocycles. The number of nitrogens with zero attached hydrogens (tertiary/aromatic N) is 3. The van der Waals surface area contributed by atoms with Crippen LogP contribution in [0.5, 0.6) is 0 Å². The van der Waals surface area contributed by atoms with Crippen LogP contribution in [-0.2, 0) is 34.5 Å². The van der Waals surface area contributed by atoms with Gasteiger partial charge in [-0.15, -0.1) is 0 Å². The summed E-state index contributed by atoms with van der Waals surface area (Å²) in [6.45, 7) is 23.5. The molecule has 0 radical (unpaired) electrons. The molecule has 3 aliphatic heterocycles. The van der Waals surface area contributed by atoms with Crippen LogP contribution < -0.4 is 31.1 Å². The lowest BCUT2D eigenvalue weighted by molar-refractivity contribution is 0.281. The van der Waals surface area contributed by atoms with Crippen LogP contribution in [0.15, 0.2) is 206 Å². The van der Waals surface area contributed by atoms with Gasteiger partial charge in [0, 0.05) is 50.8 Å².